The first-order valence-electron chi connectivity index (χ1n) is 6.70. The number of hydrogen-bond donors (Lipinski definition) is 1. The number of furan rings is 1. The van der Waals surface area contributed by atoms with Crippen molar-refractivity contribution < 1.29 is 9.21 Å². The molecule has 1 aromatic carbocycles. The molecule has 1 saturated heterocycles. The molecule has 0 saturated carbocycles. The quantitative estimate of drug-likeness (QED) is 0.899. The van der Waals surface area contributed by atoms with E-state index in [9.17, 15) is 4.79 Å². The van der Waals surface area contributed by atoms with Crippen LogP contribution in [0.4, 0.5) is 0 Å². The summed E-state index contributed by atoms with van der Waals surface area (Å²) in [7, 11) is 0. The van der Waals surface area contributed by atoms with E-state index in [0.717, 1.165) is 35.9 Å². The predicted molar refractivity (Wildman–Crippen MR) is 74.1 cm³/mol. The number of nitrogens with two attached hydrogens (primary N) is 1. The van der Waals surface area contributed by atoms with Crippen LogP contribution in [-0.4, -0.2) is 29.9 Å². The SMILES string of the molecule is Cc1ccc2oc(C(=O)N3CCCC3CN)cc2c1. The molecule has 0 aliphatic carbocycles. The molecule has 2 aromatic rings. The Morgan fingerprint density at radius 3 is 3.11 bits per heavy atom. The average Bonchev–Trinajstić information content (AvgIpc) is 3.03. The molecule has 1 aromatic heterocycles. The van der Waals surface area contributed by atoms with Crippen molar-refractivity contribution in [2.75, 3.05) is 13.1 Å². The van der Waals surface area contributed by atoms with E-state index in [-0.39, 0.29) is 11.9 Å². The first-order chi connectivity index (χ1) is 9.19. The van der Waals surface area contributed by atoms with Crippen molar-refractivity contribution in [2.24, 2.45) is 5.73 Å². The second-order valence-corrected chi connectivity index (χ2v) is 5.18. The van der Waals surface area contributed by atoms with E-state index in [1.54, 1.807) is 0 Å². The summed E-state index contributed by atoms with van der Waals surface area (Å²) in [5.74, 6) is 0.378. The summed E-state index contributed by atoms with van der Waals surface area (Å²) < 4.78 is 5.66. The van der Waals surface area contributed by atoms with Crippen LogP contribution in [0.15, 0.2) is 28.7 Å². The molecule has 3 rings (SSSR count). The summed E-state index contributed by atoms with van der Waals surface area (Å²) in [5, 5.41) is 0.979. The van der Waals surface area contributed by atoms with Gasteiger partial charge in [-0.2, -0.15) is 0 Å². The van der Waals surface area contributed by atoms with Gasteiger partial charge in [0.15, 0.2) is 5.76 Å². The number of amides is 1. The average molecular weight is 258 g/mol. The van der Waals surface area contributed by atoms with Gasteiger partial charge in [0.2, 0.25) is 0 Å². The maximum absolute atomic E-state index is 12.4. The van der Waals surface area contributed by atoms with Gasteiger partial charge in [0, 0.05) is 24.5 Å². The summed E-state index contributed by atoms with van der Waals surface area (Å²) in [6, 6.07) is 7.91. The second kappa shape index (κ2) is 4.70. The van der Waals surface area contributed by atoms with Gasteiger partial charge in [-0.25, -0.2) is 0 Å². The lowest BCUT2D eigenvalue weighted by atomic mass is 10.2. The molecule has 0 spiro atoms. The van der Waals surface area contributed by atoms with Crippen molar-refractivity contribution >= 4 is 16.9 Å². The monoisotopic (exact) mass is 258 g/mol. The van der Waals surface area contributed by atoms with Crippen LogP contribution >= 0.6 is 0 Å². The zero-order chi connectivity index (χ0) is 13.4. The van der Waals surface area contributed by atoms with Gasteiger partial charge in [0.05, 0.1) is 0 Å². The normalized spacial score (nSPS) is 19.3. The predicted octanol–water partition coefficient (Wildman–Crippen LogP) is 2.30. The smallest absolute Gasteiger partial charge is 0.289 e. The lowest BCUT2D eigenvalue weighted by molar-refractivity contribution is 0.0711. The molecule has 100 valence electrons. The van der Waals surface area contributed by atoms with Gasteiger partial charge in [-0.05, 0) is 38.0 Å². The lowest BCUT2D eigenvalue weighted by Gasteiger charge is -2.22. The van der Waals surface area contributed by atoms with Crippen LogP contribution < -0.4 is 5.73 Å². The van der Waals surface area contributed by atoms with Crippen molar-refractivity contribution in [3.8, 4) is 0 Å². The molecular weight excluding hydrogens is 240 g/mol. The van der Waals surface area contributed by atoms with Crippen LogP contribution in [-0.2, 0) is 0 Å². The third-order valence-corrected chi connectivity index (χ3v) is 3.79. The van der Waals surface area contributed by atoms with Crippen LogP contribution in [0.3, 0.4) is 0 Å². The molecule has 1 fully saturated rings. The molecule has 4 heteroatoms. The lowest BCUT2D eigenvalue weighted by Crippen LogP contribution is -2.39. The van der Waals surface area contributed by atoms with E-state index in [2.05, 4.69) is 0 Å². The third-order valence-electron chi connectivity index (χ3n) is 3.79. The molecule has 1 atom stereocenters. The van der Waals surface area contributed by atoms with Crippen molar-refractivity contribution in [2.45, 2.75) is 25.8 Å². The van der Waals surface area contributed by atoms with E-state index in [0.29, 0.717) is 12.3 Å². The van der Waals surface area contributed by atoms with Gasteiger partial charge >= 0.3 is 0 Å². The van der Waals surface area contributed by atoms with Crippen LogP contribution in [0.5, 0.6) is 0 Å². The number of benzene rings is 1. The molecule has 1 aliphatic heterocycles. The molecule has 1 amide bonds. The number of rotatable bonds is 2. The van der Waals surface area contributed by atoms with Crippen LogP contribution in [0, 0.1) is 6.92 Å². The highest BCUT2D eigenvalue weighted by Crippen LogP contribution is 2.24. The Hall–Kier alpha value is -1.81. The van der Waals surface area contributed by atoms with Crippen LogP contribution in [0.1, 0.15) is 29.0 Å². The number of likely N-dealkylation sites (tertiary alicyclic amines) is 1. The zero-order valence-corrected chi connectivity index (χ0v) is 11.1. The zero-order valence-electron chi connectivity index (χ0n) is 11.1. The maximum Gasteiger partial charge on any atom is 0.289 e. The fraction of sp³-hybridized carbons (Fsp3) is 0.400. The number of nitrogens with zero attached hydrogens (tertiary/aromatic N) is 1. The van der Waals surface area contributed by atoms with Crippen molar-refractivity contribution in [1.29, 1.82) is 0 Å². The summed E-state index contributed by atoms with van der Waals surface area (Å²) in [6.45, 7) is 3.32. The number of carbonyl (C=O) groups is 1. The van der Waals surface area contributed by atoms with E-state index < -0.39 is 0 Å². The van der Waals surface area contributed by atoms with Gasteiger partial charge < -0.3 is 15.1 Å². The first kappa shape index (κ1) is 12.2. The minimum absolute atomic E-state index is 0.0400. The molecular formula is C15H18N2O2. The largest absolute Gasteiger partial charge is 0.451 e. The number of fused-ring (bicyclic) bond motifs is 1. The maximum atomic E-state index is 12.4. The van der Waals surface area contributed by atoms with Gasteiger partial charge in [-0.15, -0.1) is 0 Å². The Morgan fingerprint density at radius 1 is 1.47 bits per heavy atom. The fourth-order valence-corrected chi connectivity index (χ4v) is 2.76. The number of carbonyl (C=O) groups excluding carboxylic acids is 1. The van der Waals surface area contributed by atoms with Crippen LogP contribution in [0.2, 0.25) is 0 Å². The highest BCUT2D eigenvalue weighted by Gasteiger charge is 2.30. The standard InChI is InChI=1S/C15H18N2O2/c1-10-4-5-13-11(7-10)8-14(19-13)15(18)17-6-2-3-12(17)9-16/h4-5,7-8,12H,2-3,6,9,16H2,1H3. The van der Waals surface area contributed by atoms with Gasteiger partial charge in [-0.1, -0.05) is 11.6 Å². The molecule has 0 bridgehead atoms. The molecule has 0 radical (unpaired) electrons. The summed E-state index contributed by atoms with van der Waals surface area (Å²) in [4.78, 5) is 14.3. The molecule has 19 heavy (non-hydrogen) atoms. The highest BCUT2D eigenvalue weighted by molar-refractivity contribution is 5.96. The fourth-order valence-electron chi connectivity index (χ4n) is 2.76. The van der Waals surface area contributed by atoms with Gasteiger partial charge in [-0.3, -0.25) is 4.79 Å². The number of hydrogen-bond acceptors (Lipinski definition) is 3. The van der Waals surface area contributed by atoms with Gasteiger partial charge in [0.25, 0.3) is 5.91 Å². The number of aryl methyl sites for hydroxylation is 1. The Balaban J connectivity index is 1.93. The summed E-state index contributed by atoms with van der Waals surface area (Å²) >= 11 is 0. The van der Waals surface area contributed by atoms with Gasteiger partial charge in [0.1, 0.15) is 5.58 Å². The minimum atomic E-state index is -0.0400. The molecule has 2 heterocycles. The van der Waals surface area contributed by atoms with Crippen LogP contribution in [0.25, 0.3) is 11.0 Å². The Morgan fingerprint density at radius 2 is 2.32 bits per heavy atom. The Bertz CT molecular complexity index is 618. The highest BCUT2D eigenvalue weighted by atomic mass is 16.3. The van der Waals surface area contributed by atoms with E-state index >= 15 is 0 Å². The summed E-state index contributed by atoms with van der Waals surface area (Å²) in [5.41, 5.74) is 7.63. The van der Waals surface area contributed by atoms with Crippen molar-refractivity contribution in [3.05, 3.63) is 35.6 Å². The van der Waals surface area contributed by atoms with E-state index in [1.807, 2.05) is 36.1 Å². The van der Waals surface area contributed by atoms with Crippen molar-refractivity contribution in [1.82, 2.24) is 4.90 Å². The molecule has 1 unspecified atom stereocenters. The molecule has 1 aliphatic rings. The molecule has 4 nitrogen and oxygen atoms in total. The summed E-state index contributed by atoms with van der Waals surface area (Å²) in [6.07, 6.45) is 2.01. The van der Waals surface area contributed by atoms with Crippen molar-refractivity contribution in [3.63, 3.8) is 0 Å². The minimum Gasteiger partial charge on any atom is -0.451 e. The molecule has 2 N–H and O–H groups in total. The van der Waals surface area contributed by atoms with E-state index in [1.165, 1.54) is 0 Å². The first-order valence-corrected chi connectivity index (χ1v) is 6.70. The Kier molecular flexibility index (Phi) is 3.03. The third kappa shape index (κ3) is 2.12. The van der Waals surface area contributed by atoms with E-state index in [4.69, 9.17) is 10.2 Å². The second-order valence-electron chi connectivity index (χ2n) is 5.18. The Labute approximate surface area is 112 Å². The topological polar surface area (TPSA) is 59.5 Å².